The van der Waals surface area contributed by atoms with Gasteiger partial charge in [-0.25, -0.2) is 0 Å². The van der Waals surface area contributed by atoms with Gasteiger partial charge in [0, 0.05) is 0 Å². The molecule has 0 N–H and O–H groups in total. The van der Waals surface area contributed by atoms with Crippen LogP contribution in [0.25, 0.3) is 0 Å². The molecule has 2 aromatic rings. The molecule has 0 amide bonds. The van der Waals surface area contributed by atoms with Crippen LogP contribution in [0.5, 0.6) is 5.75 Å². The summed E-state index contributed by atoms with van der Waals surface area (Å²) in [4.78, 5) is 0. The minimum Gasteiger partial charge on any atom is -0.494 e. The Bertz CT molecular complexity index is 715. The van der Waals surface area contributed by atoms with Gasteiger partial charge < -0.3 is 4.74 Å². The lowest BCUT2D eigenvalue weighted by atomic mass is 9.95. The Balaban J connectivity index is 1.86. The van der Waals surface area contributed by atoms with E-state index in [2.05, 4.69) is 32.1 Å². The summed E-state index contributed by atoms with van der Waals surface area (Å²) in [6.45, 7) is 4.70. The largest absolute Gasteiger partial charge is 0.494 e. The Kier molecular flexibility index (Phi) is 5.78. The maximum absolute atomic E-state index is 9.34. The van der Waals surface area contributed by atoms with Gasteiger partial charge >= 0.3 is 0 Å². The maximum atomic E-state index is 9.34. The molecule has 2 rings (SSSR count). The molecule has 0 heterocycles. The summed E-state index contributed by atoms with van der Waals surface area (Å²) in [6.07, 6.45) is 1.55. The van der Waals surface area contributed by atoms with Crippen molar-refractivity contribution in [1.82, 2.24) is 0 Å². The smallest absolute Gasteiger partial charge is 0.119 e. The predicted octanol–water partition coefficient (Wildman–Crippen LogP) is 4.64. The van der Waals surface area contributed by atoms with E-state index in [1.165, 1.54) is 11.1 Å². The Hall–Kier alpha value is -2.78. The first-order valence-corrected chi connectivity index (χ1v) is 7.73. The molecule has 0 bridgehead atoms. The minimum atomic E-state index is -0.161. The molecule has 0 aliphatic heterocycles. The Labute approximate surface area is 137 Å². The van der Waals surface area contributed by atoms with Crippen LogP contribution in [0.2, 0.25) is 0 Å². The molecular formula is C20H20N2O. The van der Waals surface area contributed by atoms with Crippen molar-refractivity contribution in [1.29, 1.82) is 10.5 Å². The lowest BCUT2D eigenvalue weighted by molar-refractivity contribution is 0.304. The van der Waals surface area contributed by atoms with Gasteiger partial charge in [-0.3, -0.25) is 0 Å². The van der Waals surface area contributed by atoms with E-state index in [0.717, 1.165) is 24.2 Å². The molecule has 0 radical (unpaired) electrons. The van der Waals surface area contributed by atoms with Crippen molar-refractivity contribution in [2.45, 2.75) is 32.6 Å². The van der Waals surface area contributed by atoms with Crippen molar-refractivity contribution >= 4 is 0 Å². The van der Waals surface area contributed by atoms with E-state index in [0.29, 0.717) is 12.2 Å². The molecule has 116 valence electrons. The zero-order valence-corrected chi connectivity index (χ0v) is 13.5. The lowest BCUT2D eigenvalue weighted by Crippen LogP contribution is -2.02. The van der Waals surface area contributed by atoms with Crippen molar-refractivity contribution in [3.63, 3.8) is 0 Å². The number of hydrogen-bond donors (Lipinski definition) is 0. The first-order valence-electron chi connectivity index (χ1n) is 7.73. The topological polar surface area (TPSA) is 56.8 Å². The van der Waals surface area contributed by atoms with E-state index in [4.69, 9.17) is 10.00 Å². The molecule has 3 heteroatoms. The average molecular weight is 304 g/mol. The fraction of sp³-hybridized carbons (Fsp3) is 0.300. The van der Waals surface area contributed by atoms with E-state index in [1.807, 2.05) is 24.3 Å². The molecule has 0 aliphatic carbocycles. The molecule has 23 heavy (non-hydrogen) atoms. The average Bonchev–Trinajstić information content (AvgIpc) is 2.54. The van der Waals surface area contributed by atoms with Gasteiger partial charge in [-0.05, 0) is 67.6 Å². The standard InChI is InChI=1S/C20H20N2O/c1-15-10-16(2)12-20(11-15)23-9-3-4-19(14-22)18-7-5-17(13-21)6-8-18/h5-8,10-12,19H,3-4,9H2,1-2H3. The third-order valence-electron chi connectivity index (χ3n) is 3.70. The van der Waals surface area contributed by atoms with Gasteiger partial charge in [0.25, 0.3) is 0 Å². The van der Waals surface area contributed by atoms with E-state index in [-0.39, 0.29) is 5.92 Å². The summed E-state index contributed by atoms with van der Waals surface area (Å²) in [5.74, 6) is 0.722. The van der Waals surface area contributed by atoms with Gasteiger partial charge in [-0.15, -0.1) is 0 Å². The van der Waals surface area contributed by atoms with Gasteiger partial charge in [0.15, 0.2) is 0 Å². The fourth-order valence-electron chi connectivity index (χ4n) is 2.59. The van der Waals surface area contributed by atoms with Crippen molar-refractivity contribution in [2.75, 3.05) is 6.61 Å². The molecule has 1 atom stereocenters. The molecule has 0 saturated heterocycles. The molecule has 0 aromatic heterocycles. The fourth-order valence-corrected chi connectivity index (χ4v) is 2.59. The van der Waals surface area contributed by atoms with E-state index >= 15 is 0 Å². The summed E-state index contributed by atoms with van der Waals surface area (Å²) in [5.41, 5.74) is 3.95. The summed E-state index contributed by atoms with van der Waals surface area (Å²) < 4.78 is 5.78. The van der Waals surface area contributed by atoms with Gasteiger partial charge in [0.2, 0.25) is 0 Å². The van der Waals surface area contributed by atoms with Crippen molar-refractivity contribution in [3.8, 4) is 17.9 Å². The number of nitriles is 2. The van der Waals surface area contributed by atoms with Gasteiger partial charge in [0.1, 0.15) is 5.75 Å². The number of benzene rings is 2. The van der Waals surface area contributed by atoms with Crippen LogP contribution in [0.15, 0.2) is 42.5 Å². The third-order valence-corrected chi connectivity index (χ3v) is 3.70. The maximum Gasteiger partial charge on any atom is 0.119 e. The minimum absolute atomic E-state index is 0.161. The van der Waals surface area contributed by atoms with Crippen LogP contribution in [0, 0.1) is 36.5 Å². The Morgan fingerprint density at radius 2 is 1.65 bits per heavy atom. The van der Waals surface area contributed by atoms with Crippen molar-refractivity contribution in [3.05, 3.63) is 64.7 Å². The van der Waals surface area contributed by atoms with Crippen molar-refractivity contribution < 1.29 is 4.74 Å². The second-order valence-electron chi connectivity index (χ2n) is 5.73. The number of ether oxygens (including phenoxy) is 1. The molecule has 0 aliphatic rings. The normalized spacial score (nSPS) is 11.3. The van der Waals surface area contributed by atoms with Crippen LogP contribution in [-0.2, 0) is 0 Å². The van der Waals surface area contributed by atoms with Crippen LogP contribution in [0.3, 0.4) is 0 Å². The highest BCUT2D eigenvalue weighted by Crippen LogP contribution is 2.22. The highest BCUT2D eigenvalue weighted by molar-refractivity contribution is 5.35. The SMILES string of the molecule is Cc1cc(C)cc(OCCCC(C#N)c2ccc(C#N)cc2)c1. The summed E-state index contributed by atoms with van der Waals surface area (Å²) >= 11 is 0. The van der Waals surface area contributed by atoms with E-state index in [1.54, 1.807) is 12.1 Å². The second-order valence-corrected chi connectivity index (χ2v) is 5.73. The molecule has 0 saturated carbocycles. The molecule has 0 fully saturated rings. The molecule has 3 nitrogen and oxygen atoms in total. The number of hydrogen-bond acceptors (Lipinski definition) is 3. The van der Waals surface area contributed by atoms with E-state index in [9.17, 15) is 5.26 Å². The van der Waals surface area contributed by atoms with Crippen LogP contribution >= 0.6 is 0 Å². The molecule has 1 unspecified atom stereocenters. The lowest BCUT2D eigenvalue weighted by Gasteiger charge is -2.11. The van der Waals surface area contributed by atoms with Crippen molar-refractivity contribution in [2.24, 2.45) is 0 Å². The predicted molar refractivity (Wildman–Crippen MR) is 90.2 cm³/mol. The Morgan fingerprint density at radius 3 is 2.22 bits per heavy atom. The van der Waals surface area contributed by atoms with Gasteiger partial charge in [0.05, 0.1) is 30.2 Å². The van der Waals surface area contributed by atoms with Gasteiger partial charge in [-0.1, -0.05) is 18.2 Å². The second kappa shape index (κ2) is 8.01. The van der Waals surface area contributed by atoms with Gasteiger partial charge in [-0.2, -0.15) is 10.5 Å². The zero-order chi connectivity index (χ0) is 16.7. The van der Waals surface area contributed by atoms with Crippen LogP contribution < -0.4 is 4.74 Å². The quantitative estimate of drug-likeness (QED) is 0.730. The molecule has 0 spiro atoms. The zero-order valence-electron chi connectivity index (χ0n) is 13.5. The summed E-state index contributed by atoms with van der Waals surface area (Å²) in [5, 5.41) is 18.2. The van der Waals surface area contributed by atoms with Crippen LogP contribution in [0.4, 0.5) is 0 Å². The Morgan fingerprint density at radius 1 is 1.00 bits per heavy atom. The number of aryl methyl sites for hydroxylation is 2. The summed E-state index contributed by atoms with van der Waals surface area (Å²) in [6, 6.07) is 17.8. The van der Waals surface area contributed by atoms with Crippen LogP contribution in [0.1, 0.15) is 41.0 Å². The van der Waals surface area contributed by atoms with E-state index < -0.39 is 0 Å². The highest BCUT2D eigenvalue weighted by Gasteiger charge is 2.10. The van der Waals surface area contributed by atoms with Crippen LogP contribution in [-0.4, -0.2) is 6.61 Å². The number of rotatable bonds is 6. The molecule has 2 aromatic carbocycles. The molecular weight excluding hydrogens is 284 g/mol. The highest BCUT2D eigenvalue weighted by atomic mass is 16.5. The number of nitrogens with zero attached hydrogens (tertiary/aromatic N) is 2. The first kappa shape index (κ1) is 16.6. The monoisotopic (exact) mass is 304 g/mol. The summed E-state index contributed by atoms with van der Waals surface area (Å²) in [7, 11) is 0. The first-order chi connectivity index (χ1) is 11.1. The third kappa shape index (κ3) is 4.87.